The Balaban J connectivity index is 2.10. The number of rotatable bonds is 5. The number of aromatic nitrogens is 3. The molecular weight excluding hydrogens is 272 g/mol. The highest BCUT2D eigenvalue weighted by atomic mass is 32.2. The molecule has 7 heteroatoms. The quantitative estimate of drug-likeness (QED) is 0.722. The Morgan fingerprint density at radius 1 is 1.25 bits per heavy atom. The lowest BCUT2D eigenvalue weighted by atomic mass is 10.1. The van der Waals surface area contributed by atoms with Crippen molar-refractivity contribution in [2.75, 3.05) is 18.0 Å². The van der Waals surface area contributed by atoms with Gasteiger partial charge < -0.3 is 16.8 Å². The van der Waals surface area contributed by atoms with Crippen molar-refractivity contribution >= 4 is 23.4 Å². The standard InChI is InChI=1S/C13H18N6S/c1-3-16-8(2)9-4-5-12(17-7-9)20-13-18-10(14)6-11(15)19-13/h4-8,16H,3H2,1-2H3,(H4,14,15,18,19). The number of anilines is 2. The van der Waals surface area contributed by atoms with Gasteiger partial charge in [-0.2, -0.15) is 0 Å². The third-order valence-electron chi connectivity index (χ3n) is 2.71. The Labute approximate surface area is 122 Å². The van der Waals surface area contributed by atoms with Crippen LogP contribution in [0.5, 0.6) is 0 Å². The first-order valence-corrected chi connectivity index (χ1v) is 7.17. The lowest BCUT2D eigenvalue weighted by Gasteiger charge is -2.12. The van der Waals surface area contributed by atoms with Crippen molar-refractivity contribution in [3.05, 3.63) is 30.0 Å². The summed E-state index contributed by atoms with van der Waals surface area (Å²) >= 11 is 1.34. The maximum Gasteiger partial charge on any atom is 0.197 e. The van der Waals surface area contributed by atoms with Crippen molar-refractivity contribution in [3.8, 4) is 0 Å². The molecule has 2 aromatic rings. The molecule has 0 fully saturated rings. The molecule has 2 rings (SSSR count). The number of pyridine rings is 1. The summed E-state index contributed by atoms with van der Waals surface area (Å²) < 4.78 is 0. The predicted molar refractivity (Wildman–Crippen MR) is 81.3 cm³/mol. The first kappa shape index (κ1) is 14.5. The van der Waals surface area contributed by atoms with Gasteiger partial charge >= 0.3 is 0 Å². The van der Waals surface area contributed by atoms with Crippen LogP contribution in [0, 0.1) is 0 Å². The first-order valence-electron chi connectivity index (χ1n) is 6.35. The van der Waals surface area contributed by atoms with E-state index in [-0.39, 0.29) is 6.04 Å². The molecule has 6 nitrogen and oxygen atoms in total. The summed E-state index contributed by atoms with van der Waals surface area (Å²) in [5.74, 6) is 0.717. The van der Waals surface area contributed by atoms with Crippen LogP contribution >= 0.6 is 11.8 Å². The summed E-state index contributed by atoms with van der Waals surface area (Å²) in [6.45, 7) is 5.11. The molecule has 0 radical (unpaired) electrons. The average molecular weight is 290 g/mol. The minimum absolute atomic E-state index is 0.283. The van der Waals surface area contributed by atoms with E-state index in [4.69, 9.17) is 11.5 Å². The summed E-state index contributed by atoms with van der Waals surface area (Å²) in [5, 5.41) is 4.65. The van der Waals surface area contributed by atoms with E-state index in [0.717, 1.165) is 17.1 Å². The molecule has 0 amide bonds. The van der Waals surface area contributed by atoms with E-state index in [1.54, 1.807) is 0 Å². The van der Waals surface area contributed by atoms with Gasteiger partial charge in [0.05, 0.1) is 0 Å². The lowest BCUT2D eigenvalue weighted by molar-refractivity contribution is 0.595. The van der Waals surface area contributed by atoms with E-state index >= 15 is 0 Å². The highest BCUT2D eigenvalue weighted by Gasteiger charge is 2.07. The third-order valence-corrected chi connectivity index (χ3v) is 3.53. The minimum Gasteiger partial charge on any atom is -0.383 e. The number of nitrogens with zero attached hydrogens (tertiary/aromatic N) is 3. The molecule has 0 bridgehead atoms. The van der Waals surface area contributed by atoms with Gasteiger partial charge in [0.25, 0.3) is 0 Å². The van der Waals surface area contributed by atoms with Crippen molar-refractivity contribution in [2.45, 2.75) is 30.1 Å². The second-order valence-corrected chi connectivity index (χ2v) is 5.30. The first-order chi connectivity index (χ1) is 9.58. The van der Waals surface area contributed by atoms with Gasteiger partial charge in [0.15, 0.2) is 5.16 Å². The van der Waals surface area contributed by atoms with Gasteiger partial charge in [-0.3, -0.25) is 0 Å². The second kappa shape index (κ2) is 6.53. The largest absolute Gasteiger partial charge is 0.383 e. The molecule has 0 aliphatic rings. The van der Waals surface area contributed by atoms with E-state index < -0.39 is 0 Å². The van der Waals surface area contributed by atoms with Crippen LogP contribution < -0.4 is 16.8 Å². The van der Waals surface area contributed by atoms with Crippen LogP contribution in [0.25, 0.3) is 0 Å². The zero-order valence-electron chi connectivity index (χ0n) is 11.5. The van der Waals surface area contributed by atoms with Gasteiger partial charge in [-0.25, -0.2) is 15.0 Å². The fraction of sp³-hybridized carbons (Fsp3) is 0.308. The van der Waals surface area contributed by atoms with Gasteiger partial charge in [0.2, 0.25) is 0 Å². The SMILES string of the molecule is CCNC(C)c1ccc(Sc2nc(N)cc(N)n2)nc1. The zero-order chi connectivity index (χ0) is 14.5. The van der Waals surface area contributed by atoms with E-state index in [1.807, 2.05) is 18.3 Å². The summed E-state index contributed by atoms with van der Waals surface area (Å²) in [5.41, 5.74) is 12.4. The Morgan fingerprint density at radius 3 is 2.50 bits per heavy atom. The van der Waals surface area contributed by atoms with Gasteiger partial charge in [0.1, 0.15) is 16.7 Å². The average Bonchev–Trinajstić information content (AvgIpc) is 2.38. The summed E-state index contributed by atoms with van der Waals surface area (Å²) in [4.78, 5) is 12.6. The van der Waals surface area contributed by atoms with Crippen molar-refractivity contribution in [2.24, 2.45) is 0 Å². The second-order valence-electron chi connectivity index (χ2n) is 4.31. The molecular formula is C13H18N6S. The van der Waals surface area contributed by atoms with Crippen LogP contribution in [-0.2, 0) is 0 Å². The molecule has 0 saturated heterocycles. The molecule has 0 saturated carbocycles. The van der Waals surface area contributed by atoms with Crippen LogP contribution in [0.4, 0.5) is 11.6 Å². The molecule has 2 aromatic heterocycles. The molecule has 1 unspecified atom stereocenters. The normalized spacial score (nSPS) is 12.3. The number of nitrogens with two attached hydrogens (primary N) is 2. The summed E-state index contributed by atoms with van der Waals surface area (Å²) in [7, 11) is 0. The molecule has 5 N–H and O–H groups in total. The third kappa shape index (κ3) is 3.82. The number of hydrogen-bond donors (Lipinski definition) is 3. The van der Waals surface area contributed by atoms with Crippen LogP contribution in [0.3, 0.4) is 0 Å². The van der Waals surface area contributed by atoms with Crippen LogP contribution in [0.1, 0.15) is 25.5 Å². The van der Waals surface area contributed by atoms with E-state index in [9.17, 15) is 0 Å². The number of hydrogen-bond acceptors (Lipinski definition) is 7. The van der Waals surface area contributed by atoms with Gasteiger partial charge in [-0.15, -0.1) is 0 Å². The molecule has 1 atom stereocenters. The maximum atomic E-state index is 5.64. The molecule has 0 aliphatic heterocycles. The maximum absolute atomic E-state index is 5.64. The van der Waals surface area contributed by atoms with E-state index in [1.165, 1.54) is 17.8 Å². The number of nitrogen functional groups attached to an aromatic ring is 2. The van der Waals surface area contributed by atoms with Crippen LogP contribution in [-0.4, -0.2) is 21.5 Å². The van der Waals surface area contributed by atoms with E-state index in [2.05, 4.69) is 34.1 Å². The minimum atomic E-state index is 0.283. The Morgan fingerprint density at radius 2 is 1.95 bits per heavy atom. The molecule has 0 spiro atoms. The fourth-order valence-corrected chi connectivity index (χ4v) is 2.46. The van der Waals surface area contributed by atoms with Gasteiger partial charge in [-0.1, -0.05) is 13.0 Å². The molecule has 0 aromatic carbocycles. The van der Waals surface area contributed by atoms with Crippen molar-refractivity contribution < 1.29 is 0 Å². The smallest absolute Gasteiger partial charge is 0.197 e. The zero-order valence-corrected chi connectivity index (χ0v) is 12.3. The van der Waals surface area contributed by atoms with Crippen molar-refractivity contribution in [1.82, 2.24) is 20.3 Å². The highest BCUT2D eigenvalue weighted by Crippen LogP contribution is 2.25. The lowest BCUT2D eigenvalue weighted by Crippen LogP contribution is -2.17. The molecule has 106 valence electrons. The van der Waals surface area contributed by atoms with Crippen LogP contribution in [0.2, 0.25) is 0 Å². The van der Waals surface area contributed by atoms with Crippen molar-refractivity contribution in [1.29, 1.82) is 0 Å². The van der Waals surface area contributed by atoms with Gasteiger partial charge in [0, 0.05) is 18.3 Å². The predicted octanol–water partition coefficient (Wildman–Crippen LogP) is 1.86. The Kier molecular flexibility index (Phi) is 4.75. The molecule has 2 heterocycles. The highest BCUT2D eigenvalue weighted by molar-refractivity contribution is 7.99. The molecule has 20 heavy (non-hydrogen) atoms. The van der Waals surface area contributed by atoms with Gasteiger partial charge in [-0.05, 0) is 36.9 Å². The summed E-state index contributed by atoms with van der Waals surface area (Å²) in [6, 6.07) is 5.79. The van der Waals surface area contributed by atoms with Crippen molar-refractivity contribution in [3.63, 3.8) is 0 Å². The topological polar surface area (TPSA) is 103 Å². The number of nitrogens with one attached hydrogen (secondary N) is 1. The monoisotopic (exact) mass is 290 g/mol. The fourth-order valence-electron chi connectivity index (χ4n) is 1.73. The Hall–Kier alpha value is -1.86. The Bertz CT molecular complexity index is 551. The molecule has 0 aliphatic carbocycles. The van der Waals surface area contributed by atoms with Crippen LogP contribution in [0.15, 0.2) is 34.6 Å². The van der Waals surface area contributed by atoms with E-state index in [0.29, 0.717) is 16.8 Å². The summed E-state index contributed by atoms with van der Waals surface area (Å²) in [6.07, 6.45) is 1.85.